The van der Waals surface area contributed by atoms with Gasteiger partial charge in [-0.3, -0.25) is 4.79 Å². The van der Waals surface area contributed by atoms with E-state index >= 15 is 0 Å². The maximum absolute atomic E-state index is 12.2. The van der Waals surface area contributed by atoms with E-state index in [1.165, 1.54) is 12.7 Å². The van der Waals surface area contributed by atoms with Gasteiger partial charge in [-0.1, -0.05) is 30.3 Å². The molecule has 7 N–H and O–H groups in total. The molecule has 2 heterocycles. The number of carbonyl (C=O) groups excluding carboxylic acids is 1. The molecule has 0 aliphatic heterocycles. The number of carbonyl (C=O) groups is 1. The van der Waals surface area contributed by atoms with Gasteiger partial charge in [-0.25, -0.2) is 19.5 Å². The van der Waals surface area contributed by atoms with Gasteiger partial charge in [-0.05, 0) is 12.0 Å². The van der Waals surface area contributed by atoms with Crippen LogP contribution in [0.4, 0.5) is 5.82 Å². The summed E-state index contributed by atoms with van der Waals surface area (Å²) in [6.07, 6.45) is 3.31. The summed E-state index contributed by atoms with van der Waals surface area (Å²) in [5.41, 5.74) is 8.02. The fourth-order valence-corrected chi connectivity index (χ4v) is 2.03. The van der Waals surface area contributed by atoms with Crippen LogP contribution in [0, 0.1) is 0 Å². The molecule has 3 aromatic rings. The highest BCUT2D eigenvalue weighted by atomic mass is 31.2. The van der Waals surface area contributed by atoms with Crippen molar-refractivity contribution in [2.45, 2.75) is 12.5 Å². The minimum Gasteiger partial charge on any atom is -0.340 e. The third-order valence-corrected chi connectivity index (χ3v) is 3.10. The SMILES string of the molecule is N[C@@H](Cc1ccccc1)C(=O)Nc1ncnc2nc[nH]c12.O=P(O)(O)O. The molecule has 0 bridgehead atoms. The molecule has 138 valence electrons. The Balaban J connectivity index is 0.000000431. The second-order valence-electron chi connectivity index (χ2n) is 5.12. The van der Waals surface area contributed by atoms with E-state index in [-0.39, 0.29) is 5.91 Å². The lowest BCUT2D eigenvalue weighted by Crippen LogP contribution is -2.37. The Kier molecular flexibility index (Phi) is 6.50. The van der Waals surface area contributed by atoms with Crippen LogP contribution in [0.15, 0.2) is 43.0 Å². The lowest BCUT2D eigenvalue weighted by molar-refractivity contribution is -0.117. The van der Waals surface area contributed by atoms with Gasteiger partial charge < -0.3 is 30.7 Å². The van der Waals surface area contributed by atoms with Gasteiger partial charge in [0.25, 0.3) is 0 Å². The maximum Gasteiger partial charge on any atom is 0.466 e. The fraction of sp³-hybridized carbons (Fsp3) is 0.143. The number of benzene rings is 1. The van der Waals surface area contributed by atoms with Crippen LogP contribution in [0.5, 0.6) is 0 Å². The monoisotopic (exact) mass is 380 g/mol. The Morgan fingerprint density at radius 3 is 2.50 bits per heavy atom. The van der Waals surface area contributed by atoms with Crippen molar-refractivity contribution in [1.82, 2.24) is 19.9 Å². The topological polar surface area (TPSA) is 187 Å². The predicted octanol–water partition coefficient (Wildman–Crippen LogP) is -0.0672. The van der Waals surface area contributed by atoms with Crippen molar-refractivity contribution in [3.63, 3.8) is 0 Å². The molecule has 0 aliphatic rings. The molecular weight excluding hydrogens is 363 g/mol. The van der Waals surface area contributed by atoms with Crippen LogP contribution in [0.3, 0.4) is 0 Å². The molecule has 0 fully saturated rings. The average molecular weight is 380 g/mol. The summed E-state index contributed by atoms with van der Waals surface area (Å²) in [5, 5.41) is 2.70. The summed E-state index contributed by atoms with van der Waals surface area (Å²) in [6, 6.07) is 8.97. The number of hydrogen-bond acceptors (Lipinski definition) is 6. The number of amides is 1. The Morgan fingerprint density at radius 2 is 1.85 bits per heavy atom. The van der Waals surface area contributed by atoms with Gasteiger partial charge in [0.05, 0.1) is 12.4 Å². The van der Waals surface area contributed by atoms with Crippen LogP contribution in [0.25, 0.3) is 11.2 Å². The normalized spacial score (nSPS) is 12.2. The summed E-state index contributed by atoms with van der Waals surface area (Å²) < 4.78 is 8.88. The third kappa shape index (κ3) is 6.31. The molecule has 1 aromatic carbocycles. The van der Waals surface area contributed by atoms with E-state index in [2.05, 4.69) is 25.3 Å². The molecule has 0 radical (unpaired) electrons. The number of imidazole rings is 1. The van der Waals surface area contributed by atoms with E-state index in [0.29, 0.717) is 23.4 Å². The van der Waals surface area contributed by atoms with E-state index in [4.69, 9.17) is 25.0 Å². The first-order valence-electron chi connectivity index (χ1n) is 7.27. The van der Waals surface area contributed by atoms with Gasteiger partial charge in [-0.15, -0.1) is 0 Å². The van der Waals surface area contributed by atoms with Gasteiger partial charge in [0.2, 0.25) is 5.91 Å². The van der Waals surface area contributed by atoms with Crippen LogP contribution in [-0.4, -0.2) is 46.6 Å². The summed E-state index contributed by atoms with van der Waals surface area (Å²) in [5.74, 6) is 0.0828. The summed E-state index contributed by atoms with van der Waals surface area (Å²) in [6.45, 7) is 0. The van der Waals surface area contributed by atoms with Crippen molar-refractivity contribution >= 4 is 30.7 Å². The van der Waals surface area contributed by atoms with Gasteiger partial charge >= 0.3 is 7.82 Å². The molecule has 26 heavy (non-hydrogen) atoms. The highest BCUT2D eigenvalue weighted by Crippen LogP contribution is 2.25. The number of nitrogens with zero attached hydrogens (tertiary/aromatic N) is 3. The molecule has 1 amide bonds. The van der Waals surface area contributed by atoms with Crippen LogP contribution in [0.2, 0.25) is 0 Å². The van der Waals surface area contributed by atoms with Gasteiger partial charge in [0, 0.05) is 0 Å². The molecule has 0 saturated heterocycles. The van der Waals surface area contributed by atoms with E-state index in [1.54, 1.807) is 0 Å². The zero-order valence-electron chi connectivity index (χ0n) is 13.4. The molecule has 0 spiro atoms. The Labute approximate surface area is 147 Å². The smallest absolute Gasteiger partial charge is 0.340 e. The summed E-state index contributed by atoms with van der Waals surface area (Å²) in [4.78, 5) is 48.6. The minimum atomic E-state index is -4.64. The molecule has 0 unspecified atom stereocenters. The number of aromatic amines is 1. The average Bonchev–Trinajstić information content (AvgIpc) is 3.04. The number of nitrogens with two attached hydrogens (primary N) is 1. The summed E-state index contributed by atoms with van der Waals surface area (Å²) in [7, 11) is -4.64. The first-order valence-corrected chi connectivity index (χ1v) is 8.83. The fourth-order valence-electron chi connectivity index (χ4n) is 2.03. The van der Waals surface area contributed by atoms with E-state index in [9.17, 15) is 4.79 Å². The van der Waals surface area contributed by atoms with Gasteiger partial charge in [-0.2, -0.15) is 0 Å². The van der Waals surface area contributed by atoms with E-state index in [1.807, 2.05) is 30.3 Å². The molecular formula is C14H17N6O5P. The lowest BCUT2D eigenvalue weighted by Gasteiger charge is -2.12. The second-order valence-corrected chi connectivity index (χ2v) is 6.15. The van der Waals surface area contributed by atoms with E-state index < -0.39 is 13.9 Å². The number of anilines is 1. The number of phosphoric acid groups is 1. The zero-order chi connectivity index (χ0) is 19.2. The Hall–Kier alpha value is -2.69. The van der Waals surface area contributed by atoms with Crippen LogP contribution in [0.1, 0.15) is 5.56 Å². The van der Waals surface area contributed by atoms with E-state index in [0.717, 1.165) is 5.56 Å². The highest BCUT2D eigenvalue weighted by molar-refractivity contribution is 7.45. The lowest BCUT2D eigenvalue weighted by atomic mass is 10.1. The summed E-state index contributed by atoms with van der Waals surface area (Å²) >= 11 is 0. The van der Waals surface area contributed by atoms with Crippen molar-refractivity contribution in [2.75, 3.05) is 5.32 Å². The minimum absolute atomic E-state index is 0.298. The third-order valence-electron chi connectivity index (χ3n) is 3.10. The van der Waals surface area contributed by atoms with Crippen molar-refractivity contribution in [3.8, 4) is 0 Å². The van der Waals surface area contributed by atoms with Gasteiger partial charge in [0.15, 0.2) is 11.5 Å². The van der Waals surface area contributed by atoms with Crippen LogP contribution < -0.4 is 11.1 Å². The van der Waals surface area contributed by atoms with Crippen LogP contribution in [-0.2, 0) is 15.8 Å². The molecule has 11 nitrogen and oxygen atoms in total. The van der Waals surface area contributed by atoms with Crippen molar-refractivity contribution < 1.29 is 24.0 Å². The number of H-pyrrole nitrogens is 1. The van der Waals surface area contributed by atoms with Crippen LogP contribution >= 0.6 is 7.82 Å². The molecule has 0 saturated carbocycles. The number of rotatable bonds is 4. The molecule has 12 heteroatoms. The zero-order valence-corrected chi connectivity index (χ0v) is 14.2. The largest absolute Gasteiger partial charge is 0.466 e. The van der Waals surface area contributed by atoms with Crippen molar-refractivity contribution in [2.24, 2.45) is 5.73 Å². The molecule has 2 aromatic heterocycles. The first kappa shape index (κ1) is 19.6. The number of fused-ring (bicyclic) bond motifs is 1. The standard InChI is InChI=1S/C14H14N6O.H3O4P/c15-10(6-9-4-2-1-3-5-9)14(21)20-13-11-12(17-7-16-11)18-8-19-13;1-5(2,3)4/h1-5,7-8,10H,6,15H2,(H2,16,17,18,19,20,21);(H3,1,2,3,4)/t10-;/m0./s1. The number of hydrogen-bond donors (Lipinski definition) is 6. The van der Waals surface area contributed by atoms with Crippen molar-refractivity contribution in [3.05, 3.63) is 48.5 Å². The highest BCUT2D eigenvalue weighted by Gasteiger charge is 2.16. The Morgan fingerprint density at radius 1 is 1.19 bits per heavy atom. The molecule has 3 rings (SSSR count). The first-order chi connectivity index (χ1) is 12.2. The molecule has 0 aliphatic carbocycles. The Bertz CT molecular complexity index is 904. The second kappa shape index (κ2) is 8.61. The predicted molar refractivity (Wildman–Crippen MR) is 92.7 cm³/mol. The maximum atomic E-state index is 12.2. The number of aromatic nitrogens is 4. The van der Waals surface area contributed by atoms with Gasteiger partial charge in [0.1, 0.15) is 11.8 Å². The number of nitrogens with one attached hydrogen (secondary N) is 2. The molecule has 1 atom stereocenters. The quantitative estimate of drug-likeness (QED) is 0.337. The van der Waals surface area contributed by atoms with Crippen molar-refractivity contribution in [1.29, 1.82) is 0 Å².